The van der Waals surface area contributed by atoms with Gasteiger partial charge in [-0.1, -0.05) is 17.6 Å². The lowest BCUT2D eigenvalue weighted by Gasteiger charge is -2.03. The molecular formula is C12H10O3. The first kappa shape index (κ1) is 11.0. The van der Waals surface area contributed by atoms with Crippen molar-refractivity contribution < 1.29 is 14.3 Å². The van der Waals surface area contributed by atoms with Gasteiger partial charge in [-0.3, -0.25) is 4.79 Å². The highest BCUT2D eigenvalue weighted by molar-refractivity contribution is 5.91. The third kappa shape index (κ3) is 2.96. The Bertz CT molecular complexity index is 450. The summed E-state index contributed by atoms with van der Waals surface area (Å²) in [6, 6.07) is 4.98. The largest absolute Gasteiger partial charge is 0.416 e. The van der Waals surface area contributed by atoms with E-state index >= 15 is 0 Å². The fraction of sp³-hybridized carbons (Fsp3) is 0.167. The molecule has 1 aromatic rings. The molecule has 0 bridgehead atoms. The van der Waals surface area contributed by atoms with Gasteiger partial charge in [0.2, 0.25) is 0 Å². The van der Waals surface area contributed by atoms with Gasteiger partial charge in [0.25, 0.3) is 0 Å². The Kier molecular flexibility index (Phi) is 3.64. The van der Waals surface area contributed by atoms with Gasteiger partial charge in [-0.15, -0.1) is 0 Å². The van der Waals surface area contributed by atoms with E-state index in [0.717, 1.165) is 5.56 Å². The smallest absolute Gasteiger partial charge is 0.389 e. The molecule has 0 saturated heterocycles. The predicted molar refractivity (Wildman–Crippen MR) is 55.7 cm³/mol. The lowest BCUT2D eigenvalue weighted by atomic mass is 10.1. The van der Waals surface area contributed by atoms with Gasteiger partial charge < -0.3 is 4.74 Å². The molecular weight excluding hydrogens is 192 g/mol. The lowest BCUT2D eigenvalue weighted by molar-refractivity contribution is -0.128. The molecule has 0 aliphatic heterocycles. The van der Waals surface area contributed by atoms with Gasteiger partial charge in [0.1, 0.15) is 5.75 Å². The van der Waals surface area contributed by atoms with Crippen LogP contribution in [0.25, 0.3) is 0 Å². The summed E-state index contributed by atoms with van der Waals surface area (Å²) in [5.41, 5.74) is 1.28. The van der Waals surface area contributed by atoms with Crippen LogP contribution in [0.2, 0.25) is 0 Å². The molecule has 0 aliphatic carbocycles. The first-order chi connectivity index (χ1) is 7.17. The molecule has 0 radical (unpaired) electrons. The van der Waals surface area contributed by atoms with E-state index in [0.29, 0.717) is 11.8 Å². The highest BCUT2D eigenvalue weighted by atomic mass is 16.5. The maximum Gasteiger partial charge on any atom is 0.389 e. The van der Waals surface area contributed by atoms with E-state index in [1.165, 1.54) is 6.92 Å². The van der Waals surface area contributed by atoms with Crippen LogP contribution in [0.3, 0.4) is 0 Å². The average Bonchev–Trinajstić information content (AvgIpc) is 2.21. The molecule has 0 fully saturated rings. The standard InChI is InChI=1S/C12H10O3/c1-3-4-12(14)15-11-6-5-9(2)7-10(11)8-13/h5-8H,1-2H3. The molecule has 0 heterocycles. The average molecular weight is 202 g/mol. The number of benzene rings is 1. The Hall–Kier alpha value is -2.08. The number of carbonyl (C=O) groups is 2. The van der Waals surface area contributed by atoms with Crippen LogP contribution in [0, 0.1) is 18.8 Å². The van der Waals surface area contributed by atoms with Crippen LogP contribution in [0.1, 0.15) is 22.8 Å². The molecule has 3 heteroatoms. The van der Waals surface area contributed by atoms with Gasteiger partial charge in [0, 0.05) is 5.92 Å². The number of aldehydes is 1. The molecule has 0 saturated carbocycles. The second kappa shape index (κ2) is 4.97. The Labute approximate surface area is 88.1 Å². The van der Waals surface area contributed by atoms with E-state index in [1.807, 2.05) is 6.92 Å². The normalized spacial score (nSPS) is 8.67. The summed E-state index contributed by atoms with van der Waals surface area (Å²) in [6.07, 6.45) is 0.648. The van der Waals surface area contributed by atoms with Gasteiger partial charge >= 0.3 is 5.97 Å². The first-order valence-corrected chi connectivity index (χ1v) is 4.37. The third-order valence-electron chi connectivity index (χ3n) is 1.72. The quantitative estimate of drug-likeness (QED) is 0.241. The topological polar surface area (TPSA) is 43.4 Å². The summed E-state index contributed by atoms with van der Waals surface area (Å²) in [5, 5.41) is 0. The summed E-state index contributed by atoms with van der Waals surface area (Å²) >= 11 is 0. The zero-order valence-corrected chi connectivity index (χ0v) is 8.53. The summed E-state index contributed by atoms with van der Waals surface area (Å²) in [6.45, 7) is 3.39. The summed E-state index contributed by atoms with van der Waals surface area (Å²) in [7, 11) is 0. The van der Waals surface area contributed by atoms with Crippen molar-refractivity contribution in [2.75, 3.05) is 0 Å². The predicted octanol–water partition coefficient (Wildman–Crippen LogP) is 1.74. The molecule has 0 spiro atoms. The Morgan fingerprint density at radius 2 is 2.20 bits per heavy atom. The zero-order chi connectivity index (χ0) is 11.3. The molecule has 0 atom stereocenters. The fourth-order valence-electron chi connectivity index (χ4n) is 1.08. The van der Waals surface area contributed by atoms with Crippen molar-refractivity contribution in [3.63, 3.8) is 0 Å². The minimum atomic E-state index is -0.663. The van der Waals surface area contributed by atoms with E-state index in [2.05, 4.69) is 11.8 Å². The van der Waals surface area contributed by atoms with Crippen LogP contribution in [-0.4, -0.2) is 12.3 Å². The second-order valence-electron chi connectivity index (χ2n) is 2.92. The molecule has 3 nitrogen and oxygen atoms in total. The van der Waals surface area contributed by atoms with Crippen molar-refractivity contribution in [2.45, 2.75) is 13.8 Å². The Morgan fingerprint density at radius 3 is 2.80 bits per heavy atom. The Balaban J connectivity index is 2.97. The van der Waals surface area contributed by atoms with Crippen molar-refractivity contribution in [3.05, 3.63) is 29.3 Å². The third-order valence-corrected chi connectivity index (χ3v) is 1.72. The van der Waals surface area contributed by atoms with Crippen LogP contribution < -0.4 is 4.74 Å². The van der Waals surface area contributed by atoms with Crippen LogP contribution in [-0.2, 0) is 4.79 Å². The minimum Gasteiger partial charge on any atom is -0.416 e. The van der Waals surface area contributed by atoms with E-state index in [1.54, 1.807) is 18.2 Å². The van der Waals surface area contributed by atoms with Crippen molar-refractivity contribution >= 4 is 12.3 Å². The number of esters is 1. The van der Waals surface area contributed by atoms with Crippen molar-refractivity contribution in [2.24, 2.45) is 0 Å². The monoisotopic (exact) mass is 202 g/mol. The number of hydrogen-bond donors (Lipinski definition) is 0. The number of aryl methyl sites for hydroxylation is 1. The van der Waals surface area contributed by atoms with Crippen molar-refractivity contribution in [3.8, 4) is 17.6 Å². The number of ether oxygens (including phenoxy) is 1. The molecule has 1 rings (SSSR count). The van der Waals surface area contributed by atoms with E-state index in [4.69, 9.17) is 4.74 Å². The number of rotatable bonds is 2. The summed E-state index contributed by atoms with van der Waals surface area (Å²) in [4.78, 5) is 21.7. The summed E-state index contributed by atoms with van der Waals surface area (Å²) < 4.78 is 4.89. The minimum absolute atomic E-state index is 0.239. The number of hydrogen-bond acceptors (Lipinski definition) is 3. The molecule has 0 aromatic heterocycles. The van der Waals surface area contributed by atoms with Gasteiger partial charge in [-0.05, 0) is 26.0 Å². The van der Waals surface area contributed by atoms with E-state index in [9.17, 15) is 9.59 Å². The molecule has 76 valence electrons. The maximum absolute atomic E-state index is 11.1. The highest BCUT2D eigenvalue weighted by Crippen LogP contribution is 2.18. The number of carbonyl (C=O) groups excluding carboxylic acids is 2. The molecule has 0 aliphatic rings. The second-order valence-corrected chi connectivity index (χ2v) is 2.92. The van der Waals surface area contributed by atoms with Crippen molar-refractivity contribution in [1.29, 1.82) is 0 Å². The van der Waals surface area contributed by atoms with Crippen LogP contribution in [0.5, 0.6) is 5.75 Å². The lowest BCUT2D eigenvalue weighted by Crippen LogP contribution is -2.06. The van der Waals surface area contributed by atoms with Crippen LogP contribution >= 0.6 is 0 Å². The Morgan fingerprint density at radius 1 is 1.47 bits per heavy atom. The van der Waals surface area contributed by atoms with Crippen molar-refractivity contribution in [1.82, 2.24) is 0 Å². The SMILES string of the molecule is CC#CC(=O)Oc1ccc(C)cc1C=O. The first-order valence-electron chi connectivity index (χ1n) is 4.37. The van der Waals surface area contributed by atoms with Gasteiger partial charge in [0.05, 0.1) is 5.56 Å². The van der Waals surface area contributed by atoms with E-state index in [-0.39, 0.29) is 5.75 Å². The molecule has 0 N–H and O–H groups in total. The highest BCUT2D eigenvalue weighted by Gasteiger charge is 2.06. The summed E-state index contributed by atoms with van der Waals surface area (Å²) in [5.74, 6) is 4.23. The maximum atomic E-state index is 11.1. The van der Waals surface area contributed by atoms with Gasteiger partial charge in [0.15, 0.2) is 6.29 Å². The fourth-order valence-corrected chi connectivity index (χ4v) is 1.08. The molecule has 0 unspecified atom stereocenters. The van der Waals surface area contributed by atoms with Gasteiger partial charge in [-0.25, -0.2) is 4.79 Å². The van der Waals surface area contributed by atoms with Crippen LogP contribution in [0.15, 0.2) is 18.2 Å². The van der Waals surface area contributed by atoms with Gasteiger partial charge in [-0.2, -0.15) is 0 Å². The molecule has 0 amide bonds. The van der Waals surface area contributed by atoms with Crippen LogP contribution in [0.4, 0.5) is 0 Å². The zero-order valence-electron chi connectivity index (χ0n) is 8.53. The molecule has 1 aromatic carbocycles. The molecule has 15 heavy (non-hydrogen) atoms. The van der Waals surface area contributed by atoms with E-state index < -0.39 is 5.97 Å².